The first-order chi connectivity index (χ1) is 14.0. The summed E-state index contributed by atoms with van der Waals surface area (Å²) in [6.07, 6.45) is 20.4. The Hall–Kier alpha value is -1.44. The molecular weight excluding hydrogens is 362 g/mol. The van der Waals surface area contributed by atoms with E-state index in [1.165, 1.54) is 38.5 Å². The molecule has 2 aliphatic rings. The maximum absolute atomic E-state index is 14.7. The number of hydrogen-bond donors (Lipinski definition) is 0. The van der Waals surface area contributed by atoms with Crippen molar-refractivity contribution < 1.29 is 8.78 Å². The molecule has 2 aliphatic carbocycles. The summed E-state index contributed by atoms with van der Waals surface area (Å²) in [4.78, 5) is 0. The molecule has 1 aromatic rings. The molecule has 0 aliphatic heterocycles. The third-order valence-corrected chi connectivity index (χ3v) is 7.60. The lowest BCUT2D eigenvalue weighted by Gasteiger charge is -2.40. The van der Waals surface area contributed by atoms with E-state index in [0.717, 1.165) is 25.7 Å². The summed E-state index contributed by atoms with van der Waals surface area (Å²) in [7, 11) is 0. The molecule has 1 aromatic carbocycles. The lowest BCUT2D eigenvalue weighted by Crippen LogP contribution is -2.28. The van der Waals surface area contributed by atoms with Crippen molar-refractivity contribution in [2.45, 2.75) is 90.9 Å². The van der Waals surface area contributed by atoms with Crippen LogP contribution in [0.25, 0.3) is 6.08 Å². The van der Waals surface area contributed by atoms with E-state index in [0.29, 0.717) is 28.4 Å². The molecule has 2 fully saturated rings. The van der Waals surface area contributed by atoms with Crippen molar-refractivity contribution in [1.82, 2.24) is 0 Å². The highest BCUT2D eigenvalue weighted by Gasteiger charge is 2.35. The largest absolute Gasteiger partial charge is 0.203 e. The molecule has 1 atom stereocenters. The molecule has 0 spiro atoms. The molecule has 3 rings (SSSR count). The first kappa shape index (κ1) is 22.2. The molecule has 0 heterocycles. The van der Waals surface area contributed by atoms with Crippen LogP contribution in [0.15, 0.2) is 30.4 Å². The molecule has 0 bridgehead atoms. The van der Waals surface area contributed by atoms with Gasteiger partial charge < -0.3 is 0 Å². The predicted molar refractivity (Wildman–Crippen MR) is 120 cm³/mol. The van der Waals surface area contributed by atoms with Crippen LogP contribution in [-0.4, -0.2) is 0 Å². The minimum absolute atomic E-state index is 0.159. The average molecular weight is 401 g/mol. The van der Waals surface area contributed by atoms with E-state index in [9.17, 15) is 8.78 Å². The van der Waals surface area contributed by atoms with Crippen LogP contribution in [0.5, 0.6) is 0 Å². The summed E-state index contributed by atoms with van der Waals surface area (Å²) >= 11 is 0. The van der Waals surface area contributed by atoms with Crippen LogP contribution in [0.1, 0.15) is 102 Å². The van der Waals surface area contributed by atoms with Crippen molar-refractivity contribution in [2.24, 2.45) is 17.3 Å². The number of hydrogen-bond acceptors (Lipinski definition) is 0. The maximum Gasteiger partial charge on any atom is 0.166 e. The Labute approximate surface area is 176 Å². The quantitative estimate of drug-likeness (QED) is 0.418. The molecule has 0 radical (unpaired) electrons. The van der Waals surface area contributed by atoms with Crippen LogP contribution in [0, 0.1) is 28.9 Å². The van der Waals surface area contributed by atoms with Crippen molar-refractivity contribution >= 4 is 6.08 Å². The zero-order valence-corrected chi connectivity index (χ0v) is 18.5. The van der Waals surface area contributed by atoms with Crippen LogP contribution in [-0.2, 0) is 0 Å². The van der Waals surface area contributed by atoms with Gasteiger partial charge in [-0.1, -0.05) is 62.6 Å². The van der Waals surface area contributed by atoms with Gasteiger partial charge >= 0.3 is 0 Å². The van der Waals surface area contributed by atoms with Crippen molar-refractivity contribution in [3.05, 3.63) is 53.1 Å². The van der Waals surface area contributed by atoms with Crippen LogP contribution < -0.4 is 0 Å². The van der Waals surface area contributed by atoms with Crippen LogP contribution in [0.2, 0.25) is 0 Å². The molecule has 0 nitrogen and oxygen atoms in total. The summed E-state index contributed by atoms with van der Waals surface area (Å²) in [5.41, 5.74) is 1.33. The van der Waals surface area contributed by atoms with Gasteiger partial charge in [0.1, 0.15) is 0 Å². The van der Waals surface area contributed by atoms with Crippen LogP contribution in [0.4, 0.5) is 8.78 Å². The predicted octanol–water partition coefficient (Wildman–Crippen LogP) is 8.82. The standard InChI is InChI=1S/C27H38F2/c1-4-9-23-14-15-24(26(29)25(23)28)22-12-10-21(11-13-22)20(3)19-27(16-5-2)17-7-6-8-18-27/h4-5,9,14-16,20-22H,6-8,10-13,17-19H2,1-3H3/b9-4+,16-5+. The molecule has 29 heavy (non-hydrogen) atoms. The zero-order valence-electron chi connectivity index (χ0n) is 18.5. The smallest absolute Gasteiger partial charge is 0.166 e. The number of rotatable bonds is 6. The number of halogens is 2. The van der Waals surface area contributed by atoms with Gasteiger partial charge in [-0.3, -0.25) is 0 Å². The fourth-order valence-corrected chi connectivity index (χ4v) is 6.06. The van der Waals surface area contributed by atoms with Crippen molar-refractivity contribution in [2.75, 3.05) is 0 Å². The van der Waals surface area contributed by atoms with Gasteiger partial charge in [-0.05, 0) is 87.5 Å². The number of allylic oxidation sites excluding steroid dienone is 3. The van der Waals surface area contributed by atoms with Gasteiger partial charge in [0.25, 0.3) is 0 Å². The normalized spacial score (nSPS) is 26.2. The third kappa shape index (κ3) is 5.19. The Morgan fingerprint density at radius 2 is 1.66 bits per heavy atom. The van der Waals surface area contributed by atoms with E-state index in [1.54, 1.807) is 18.2 Å². The summed E-state index contributed by atoms with van der Waals surface area (Å²) in [5, 5.41) is 0. The Balaban J connectivity index is 1.62. The van der Waals surface area contributed by atoms with Gasteiger partial charge in [-0.15, -0.1) is 0 Å². The summed E-state index contributed by atoms with van der Waals surface area (Å²) < 4.78 is 29.0. The lowest BCUT2D eigenvalue weighted by molar-refractivity contribution is 0.149. The molecule has 160 valence electrons. The molecule has 1 unspecified atom stereocenters. The minimum atomic E-state index is -0.693. The topological polar surface area (TPSA) is 0 Å². The molecule has 0 aromatic heterocycles. The monoisotopic (exact) mass is 400 g/mol. The summed E-state index contributed by atoms with van der Waals surface area (Å²) in [6, 6.07) is 3.54. The van der Waals surface area contributed by atoms with E-state index >= 15 is 0 Å². The van der Waals surface area contributed by atoms with Crippen molar-refractivity contribution in [3.63, 3.8) is 0 Å². The number of benzene rings is 1. The third-order valence-electron chi connectivity index (χ3n) is 7.60. The van der Waals surface area contributed by atoms with Crippen molar-refractivity contribution in [1.29, 1.82) is 0 Å². The lowest BCUT2D eigenvalue weighted by atomic mass is 9.65. The fraction of sp³-hybridized carbons (Fsp3) is 0.630. The van der Waals surface area contributed by atoms with Crippen molar-refractivity contribution in [3.8, 4) is 0 Å². The second kappa shape index (κ2) is 10.0. The Kier molecular flexibility index (Phi) is 7.71. The second-order valence-corrected chi connectivity index (χ2v) is 9.59. The second-order valence-electron chi connectivity index (χ2n) is 9.59. The van der Waals surface area contributed by atoms with Gasteiger partial charge in [-0.2, -0.15) is 0 Å². The maximum atomic E-state index is 14.7. The summed E-state index contributed by atoms with van der Waals surface area (Å²) in [5.74, 6) is 0.245. The Morgan fingerprint density at radius 3 is 2.28 bits per heavy atom. The van der Waals surface area contributed by atoms with E-state index in [2.05, 4.69) is 26.0 Å². The molecular formula is C27H38F2. The Bertz CT molecular complexity index is 716. The van der Waals surface area contributed by atoms with Gasteiger partial charge in [0, 0.05) is 5.56 Å². The molecule has 0 N–H and O–H groups in total. The highest BCUT2D eigenvalue weighted by atomic mass is 19.2. The highest BCUT2D eigenvalue weighted by molar-refractivity contribution is 5.51. The first-order valence-corrected chi connectivity index (χ1v) is 11.7. The van der Waals surface area contributed by atoms with Gasteiger partial charge in [0.15, 0.2) is 11.6 Å². The van der Waals surface area contributed by atoms with E-state index < -0.39 is 11.6 Å². The van der Waals surface area contributed by atoms with E-state index in [4.69, 9.17) is 0 Å². The summed E-state index contributed by atoms with van der Waals surface area (Å²) in [6.45, 7) is 6.40. The minimum Gasteiger partial charge on any atom is -0.203 e. The Morgan fingerprint density at radius 1 is 0.966 bits per heavy atom. The van der Waals surface area contributed by atoms with Crippen LogP contribution >= 0.6 is 0 Å². The molecule has 2 heteroatoms. The highest BCUT2D eigenvalue weighted by Crippen LogP contribution is 2.47. The average Bonchev–Trinajstić information content (AvgIpc) is 2.73. The molecule has 2 saturated carbocycles. The van der Waals surface area contributed by atoms with Gasteiger partial charge in [0.2, 0.25) is 0 Å². The van der Waals surface area contributed by atoms with Gasteiger partial charge in [-0.25, -0.2) is 8.78 Å². The zero-order chi connectivity index (χ0) is 20.9. The van der Waals surface area contributed by atoms with Gasteiger partial charge in [0.05, 0.1) is 0 Å². The molecule has 0 saturated heterocycles. The van der Waals surface area contributed by atoms with E-state index in [-0.39, 0.29) is 5.92 Å². The SMILES string of the molecule is C/C=C/c1ccc(C2CCC(C(C)CC3(/C=C/C)CCCCC3)CC2)c(F)c1F. The molecule has 0 amide bonds. The fourth-order valence-electron chi connectivity index (χ4n) is 6.06. The van der Waals surface area contributed by atoms with Crippen LogP contribution in [0.3, 0.4) is 0 Å². The first-order valence-electron chi connectivity index (χ1n) is 11.7. The van der Waals surface area contributed by atoms with E-state index in [1.807, 2.05) is 13.0 Å².